The van der Waals surface area contributed by atoms with Gasteiger partial charge in [-0.1, -0.05) is 23.5 Å². The summed E-state index contributed by atoms with van der Waals surface area (Å²) in [6.07, 6.45) is 2.13. The summed E-state index contributed by atoms with van der Waals surface area (Å²) in [5.41, 5.74) is 3.95. The molecule has 0 saturated heterocycles. The molecule has 1 aromatic heterocycles. The Labute approximate surface area is 132 Å². The maximum atomic E-state index is 12.4. The lowest BCUT2D eigenvalue weighted by molar-refractivity contribution is 0.102. The van der Waals surface area contributed by atoms with Gasteiger partial charge >= 0.3 is 0 Å². The normalized spacial score (nSPS) is 13.5. The van der Waals surface area contributed by atoms with E-state index >= 15 is 0 Å². The summed E-state index contributed by atoms with van der Waals surface area (Å²) in [6, 6.07) is 13.7. The number of hydrogen-bond donors (Lipinski definition) is 2. The van der Waals surface area contributed by atoms with Crippen LogP contribution in [-0.4, -0.2) is 17.4 Å². The number of anilines is 2. The van der Waals surface area contributed by atoms with Gasteiger partial charge in [-0.2, -0.15) is 0 Å². The third-order valence-corrected chi connectivity index (χ3v) is 4.77. The Morgan fingerprint density at radius 3 is 3.05 bits per heavy atom. The van der Waals surface area contributed by atoms with Crippen LogP contribution in [0.5, 0.6) is 0 Å². The van der Waals surface area contributed by atoms with Gasteiger partial charge in [-0.25, -0.2) is 4.98 Å². The van der Waals surface area contributed by atoms with Crippen molar-refractivity contribution >= 4 is 38.3 Å². The van der Waals surface area contributed by atoms with Crippen molar-refractivity contribution in [1.29, 1.82) is 0 Å². The zero-order valence-electron chi connectivity index (χ0n) is 11.9. The molecule has 3 aromatic rings. The Morgan fingerprint density at radius 2 is 2.14 bits per heavy atom. The fraction of sp³-hybridized carbons (Fsp3) is 0.176. The topological polar surface area (TPSA) is 54.0 Å². The van der Waals surface area contributed by atoms with E-state index in [1.165, 1.54) is 16.9 Å². The molecule has 0 bridgehead atoms. The largest absolute Gasteiger partial charge is 0.385 e. The lowest BCUT2D eigenvalue weighted by Crippen LogP contribution is -2.15. The Hall–Kier alpha value is -2.40. The molecule has 0 atom stereocenters. The summed E-state index contributed by atoms with van der Waals surface area (Å²) in [7, 11) is 0. The van der Waals surface area contributed by atoms with Crippen LogP contribution in [0.2, 0.25) is 0 Å². The van der Waals surface area contributed by atoms with E-state index in [0.29, 0.717) is 10.7 Å². The third-order valence-electron chi connectivity index (χ3n) is 3.82. The number of nitrogens with zero attached hydrogens (tertiary/aromatic N) is 1. The fourth-order valence-corrected chi connectivity index (χ4v) is 3.57. The van der Waals surface area contributed by atoms with Crippen LogP contribution in [0.15, 0.2) is 42.5 Å². The van der Waals surface area contributed by atoms with Crippen molar-refractivity contribution in [3.8, 4) is 0 Å². The molecule has 0 unspecified atom stereocenters. The maximum absolute atomic E-state index is 12.4. The molecule has 110 valence electrons. The van der Waals surface area contributed by atoms with Crippen molar-refractivity contribution in [3.05, 3.63) is 53.6 Å². The molecular formula is C17H15N3OS. The first kappa shape index (κ1) is 13.3. The van der Waals surface area contributed by atoms with Crippen molar-refractivity contribution in [3.63, 3.8) is 0 Å². The number of hydrogen-bond acceptors (Lipinski definition) is 4. The van der Waals surface area contributed by atoms with E-state index < -0.39 is 0 Å². The molecule has 1 aliphatic heterocycles. The zero-order chi connectivity index (χ0) is 14.9. The van der Waals surface area contributed by atoms with Crippen LogP contribution in [0.4, 0.5) is 10.8 Å². The predicted octanol–water partition coefficient (Wildman–Crippen LogP) is 3.91. The number of rotatable bonds is 2. The van der Waals surface area contributed by atoms with Crippen molar-refractivity contribution in [2.24, 2.45) is 0 Å². The van der Waals surface area contributed by atoms with Gasteiger partial charge < -0.3 is 5.32 Å². The Bertz CT molecular complexity index is 823. The van der Waals surface area contributed by atoms with Gasteiger partial charge in [0.25, 0.3) is 5.91 Å². The molecule has 4 nitrogen and oxygen atoms in total. The van der Waals surface area contributed by atoms with Crippen molar-refractivity contribution in [2.75, 3.05) is 17.2 Å². The Kier molecular flexibility index (Phi) is 3.27. The van der Waals surface area contributed by atoms with Crippen LogP contribution in [0.3, 0.4) is 0 Å². The van der Waals surface area contributed by atoms with E-state index in [0.717, 1.165) is 35.3 Å². The second kappa shape index (κ2) is 5.42. The van der Waals surface area contributed by atoms with Gasteiger partial charge in [-0.15, -0.1) is 0 Å². The predicted molar refractivity (Wildman–Crippen MR) is 90.8 cm³/mol. The Morgan fingerprint density at radius 1 is 1.23 bits per heavy atom. The summed E-state index contributed by atoms with van der Waals surface area (Å²) in [5, 5.41) is 6.90. The van der Waals surface area contributed by atoms with E-state index in [9.17, 15) is 4.79 Å². The molecule has 2 aromatic carbocycles. The minimum Gasteiger partial charge on any atom is -0.385 e. The first-order valence-corrected chi connectivity index (χ1v) is 8.15. The van der Waals surface area contributed by atoms with E-state index in [1.807, 2.05) is 42.5 Å². The smallest absolute Gasteiger partial charge is 0.257 e. The lowest BCUT2D eigenvalue weighted by Gasteiger charge is -2.18. The number of para-hydroxylation sites is 1. The lowest BCUT2D eigenvalue weighted by atomic mass is 10.0. The maximum Gasteiger partial charge on any atom is 0.257 e. The molecule has 1 amide bonds. The van der Waals surface area contributed by atoms with Crippen molar-refractivity contribution in [2.45, 2.75) is 12.8 Å². The van der Waals surface area contributed by atoms with Gasteiger partial charge in [-0.3, -0.25) is 10.1 Å². The molecule has 0 radical (unpaired) electrons. The number of amides is 1. The standard InChI is InChI=1S/C17H15N3OS/c21-16(12-7-8-13-11(10-12)4-3-9-18-13)20-17-19-14-5-1-2-6-15(14)22-17/h1-2,5-8,10,18H,3-4,9H2,(H,19,20,21). The van der Waals surface area contributed by atoms with Crippen LogP contribution in [0, 0.1) is 0 Å². The van der Waals surface area contributed by atoms with Gasteiger partial charge in [0.05, 0.1) is 10.2 Å². The number of carbonyl (C=O) groups is 1. The first-order valence-electron chi connectivity index (χ1n) is 7.33. The molecule has 0 aliphatic carbocycles. The second-order valence-electron chi connectivity index (χ2n) is 5.34. The van der Waals surface area contributed by atoms with Crippen molar-refractivity contribution < 1.29 is 4.79 Å². The number of aryl methyl sites for hydroxylation is 1. The zero-order valence-corrected chi connectivity index (χ0v) is 12.7. The minimum atomic E-state index is -0.104. The molecule has 0 spiro atoms. The highest BCUT2D eigenvalue weighted by atomic mass is 32.1. The van der Waals surface area contributed by atoms with Crippen LogP contribution < -0.4 is 10.6 Å². The van der Waals surface area contributed by atoms with E-state index in [1.54, 1.807) is 0 Å². The van der Waals surface area contributed by atoms with Crippen LogP contribution in [0.25, 0.3) is 10.2 Å². The highest BCUT2D eigenvalue weighted by Crippen LogP contribution is 2.27. The molecule has 5 heteroatoms. The molecule has 1 aliphatic rings. The van der Waals surface area contributed by atoms with Gasteiger partial charge in [0.15, 0.2) is 5.13 Å². The van der Waals surface area contributed by atoms with Crippen LogP contribution in [0.1, 0.15) is 22.3 Å². The number of aromatic nitrogens is 1. The van der Waals surface area contributed by atoms with Gasteiger partial charge in [0.1, 0.15) is 0 Å². The van der Waals surface area contributed by atoms with Crippen LogP contribution >= 0.6 is 11.3 Å². The molecule has 2 N–H and O–H groups in total. The van der Waals surface area contributed by atoms with E-state index in [4.69, 9.17) is 0 Å². The summed E-state index contributed by atoms with van der Waals surface area (Å²) >= 11 is 1.49. The number of thiazole rings is 1. The SMILES string of the molecule is O=C(Nc1nc2ccccc2s1)c1ccc2c(c1)CCCN2. The summed E-state index contributed by atoms with van der Waals surface area (Å²) in [5.74, 6) is -0.104. The minimum absolute atomic E-state index is 0.104. The van der Waals surface area contributed by atoms with Gasteiger partial charge in [0, 0.05) is 17.8 Å². The molecule has 2 heterocycles. The molecular weight excluding hydrogens is 294 g/mol. The molecule has 0 saturated carbocycles. The molecule has 0 fully saturated rings. The fourth-order valence-electron chi connectivity index (χ4n) is 2.71. The number of benzene rings is 2. The third kappa shape index (κ3) is 2.44. The van der Waals surface area contributed by atoms with Gasteiger partial charge in [-0.05, 0) is 48.7 Å². The number of fused-ring (bicyclic) bond motifs is 2. The number of carbonyl (C=O) groups excluding carboxylic acids is 1. The van der Waals surface area contributed by atoms with E-state index in [-0.39, 0.29) is 5.91 Å². The monoisotopic (exact) mass is 309 g/mol. The average Bonchev–Trinajstić information content (AvgIpc) is 2.96. The summed E-state index contributed by atoms with van der Waals surface area (Å²) in [6.45, 7) is 1.00. The molecule has 22 heavy (non-hydrogen) atoms. The average molecular weight is 309 g/mol. The quantitative estimate of drug-likeness (QED) is 0.754. The Balaban J connectivity index is 1.59. The van der Waals surface area contributed by atoms with Gasteiger partial charge in [0.2, 0.25) is 0 Å². The highest BCUT2D eigenvalue weighted by molar-refractivity contribution is 7.22. The van der Waals surface area contributed by atoms with Crippen molar-refractivity contribution in [1.82, 2.24) is 4.98 Å². The van der Waals surface area contributed by atoms with E-state index in [2.05, 4.69) is 15.6 Å². The summed E-state index contributed by atoms with van der Waals surface area (Å²) in [4.78, 5) is 16.9. The first-order chi connectivity index (χ1) is 10.8. The number of nitrogens with one attached hydrogen (secondary N) is 2. The van der Waals surface area contributed by atoms with Crippen LogP contribution in [-0.2, 0) is 6.42 Å². The summed E-state index contributed by atoms with van der Waals surface area (Å²) < 4.78 is 1.08. The molecule has 4 rings (SSSR count). The second-order valence-corrected chi connectivity index (χ2v) is 6.37. The highest BCUT2D eigenvalue weighted by Gasteiger charge is 2.14.